The van der Waals surface area contributed by atoms with E-state index in [2.05, 4.69) is 6.07 Å². The minimum atomic E-state index is -0.680. The fraction of sp³-hybridized carbons (Fsp3) is 0.250. The summed E-state index contributed by atoms with van der Waals surface area (Å²) in [6.07, 6.45) is 2.83. The molecule has 1 nitrogen and oxygen atoms in total. The molecule has 0 saturated heterocycles. The van der Waals surface area contributed by atoms with Gasteiger partial charge in [-0.15, -0.1) is 0 Å². The van der Waals surface area contributed by atoms with Crippen LogP contribution in [0.5, 0.6) is 0 Å². The first kappa shape index (κ1) is 11.4. The predicted molar refractivity (Wildman–Crippen MR) is 70.7 cm³/mol. The van der Waals surface area contributed by atoms with Crippen LogP contribution in [0.1, 0.15) is 29.5 Å². The largest absolute Gasteiger partial charge is 0.318 e. The Bertz CT molecular complexity index is 579. The Labute approximate surface area is 106 Å². The van der Waals surface area contributed by atoms with Crippen molar-refractivity contribution in [1.29, 1.82) is 0 Å². The van der Waals surface area contributed by atoms with Gasteiger partial charge >= 0.3 is 0 Å². The molecule has 18 heavy (non-hydrogen) atoms. The maximum absolute atomic E-state index is 14.0. The summed E-state index contributed by atoms with van der Waals surface area (Å²) in [5.74, 6) is -0.211. The Morgan fingerprint density at radius 1 is 0.944 bits per heavy atom. The summed E-state index contributed by atoms with van der Waals surface area (Å²) in [6.45, 7) is 0. The molecule has 1 atom stereocenters. The van der Waals surface area contributed by atoms with Crippen LogP contribution in [0.3, 0.4) is 0 Å². The smallest absolute Gasteiger partial charge is 0.128 e. The van der Waals surface area contributed by atoms with Crippen molar-refractivity contribution < 1.29 is 4.39 Å². The van der Waals surface area contributed by atoms with Crippen molar-refractivity contribution in [3.05, 3.63) is 71.0 Å². The van der Waals surface area contributed by atoms with Crippen LogP contribution in [0.4, 0.5) is 4.39 Å². The van der Waals surface area contributed by atoms with Crippen LogP contribution in [-0.2, 0) is 12.0 Å². The van der Waals surface area contributed by atoms with Crippen LogP contribution >= 0.6 is 0 Å². The van der Waals surface area contributed by atoms with Gasteiger partial charge in [-0.3, -0.25) is 0 Å². The lowest BCUT2D eigenvalue weighted by Gasteiger charge is -2.36. The van der Waals surface area contributed by atoms with Crippen molar-refractivity contribution in [2.75, 3.05) is 0 Å². The van der Waals surface area contributed by atoms with E-state index in [1.165, 1.54) is 11.6 Å². The average molecular weight is 241 g/mol. The first-order chi connectivity index (χ1) is 8.72. The Morgan fingerprint density at radius 2 is 1.61 bits per heavy atom. The fourth-order valence-corrected chi connectivity index (χ4v) is 2.97. The molecule has 1 aliphatic rings. The number of hydrogen-bond donors (Lipinski definition) is 1. The van der Waals surface area contributed by atoms with Gasteiger partial charge < -0.3 is 5.73 Å². The van der Waals surface area contributed by atoms with Gasteiger partial charge in [0.15, 0.2) is 0 Å². The highest BCUT2D eigenvalue weighted by Crippen LogP contribution is 2.39. The van der Waals surface area contributed by atoms with Gasteiger partial charge in [0.05, 0.1) is 5.54 Å². The Kier molecular flexibility index (Phi) is 2.67. The third kappa shape index (κ3) is 1.65. The molecule has 0 radical (unpaired) electrons. The number of rotatable bonds is 1. The molecule has 0 amide bonds. The molecule has 0 spiro atoms. The Morgan fingerprint density at radius 3 is 2.39 bits per heavy atom. The van der Waals surface area contributed by atoms with Crippen LogP contribution in [0.2, 0.25) is 0 Å². The molecular formula is C16H16FN. The summed E-state index contributed by atoms with van der Waals surface area (Å²) in [4.78, 5) is 0. The zero-order chi connectivity index (χ0) is 12.6. The van der Waals surface area contributed by atoms with Gasteiger partial charge in [-0.1, -0.05) is 42.5 Å². The van der Waals surface area contributed by atoms with E-state index in [0.29, 0.717) is 5.56 Å². The van der Waals surface area contributed by atoms with E-state index in [0.717, 1.165) is 24.8 Å². The first-order valence-corrected chi connectivity index (χ1v) is 6.34. The van der Waals surface area contributed by atoms with E-state index < -0.39 is 5.54 Å². The number of nitrogens with two attached hydrogens (primary N) is 1. The van der Waals surface area contributed by atoms with Crippen LogP contribution in [-0.4, -0.2) is 0 Å². The molecular weight excluding hydrogens is 225 g/mol. The summed E-state index contributed by atoms with van der Waals surface area (Å²) < 4.78 is 14.0. The first-order valence-electron chi connectivity index (χ1n) is 6.34. The molecule has 92 valence electrons. The second kappa shape index (κ2) is 4.21. The van der Waals surface area contributed by atoms with Gasteiger partial charge in [-0.2, -0.15) is 0 Å². The van der Waals surface area contributed by atoms with Gasteiger partial charge in [-0.25, -0.2) is 4.39 Å². The molecule has 0 aliphatic heterocycles. The Hall–Kier alpha value is -1.67. The molecule has 0 bridgehead atoms. The monoisotopic (exact) mass is 241 g/mol. The molecule has 1 unspecified atom stereocenters. The third-order valence-corrected chi connectivity index (χ3v) is 3.87. The summed E-state index contributed by atoms with van der Waals surface area (Å²) in [7, 11) is 0. The van der Waals surface area contributed by atoms with E-state index in [4.69, 9.17) is 5.73 Å². The zero-order valence-electron chi connectivity index (χ0n) is 10.2. The lowest BCUT2D eigenvalue weighted by molar-refractivity contribution is 0.421. The lowest BCUT2D eigenvalue weighted by atomic mass is 9.73. The second-order valence-corrected chi connectivity index (χ2v) is 4.96. The highest BCUT2D eigenvalue weighted by molar-refractivity contribution is 5.44. The number of fused-ring (bicyclic) bond motifs is 1. The topological polar surface area (TPSA) is 26.0 Å². The molecule has 0 aromatic heterocycles. The van der Waals surface area contributed by atoms with E-state index in [1.807, 2.05) is 24.3 Å². The van der Waals surface area contributed by atoms with Crippen molar-refractivity contribution in [3.8, 4) is 0 Å². The van der Waals surface area contributed by atoms with Crippen molar-refractivity contribution in [2.24, 2.45) is 5.73 Å². The maximum atomic E-state index is 14.0. The quantitative estimate of drug-likeness (QED) is 0.814. The van der Waals surface area contributed by atoms with Gasteiger partial charge in [0.2, 0.25) is 0 Å². The molecule has 0 heterocycles. The van der Waals surface area contributed by atoms with Gasteiger partial charge in [0, 0.05) is 5.56 Å². The van der Waals surface area contributed by atoms with Crippen molar-refractivity contribution in [2.45, 2.75) is 24.8 Å². The van der Waals surface area contributed by atoms with E-state index >= 15 is 0 Å². The van der Waals surface area contributed by atoms with Crippen molar-refractivity contribution in [3.63, 3.8) is 0 Å². The number of hydrogen-bond acceptors (Lipinski definition) is 1. The highest BCUT2D eigenvalue weighted by atomic mass is 19.1. The van der Waals surface area contributed by atoms with Crippen molar-refractivity contribution >= 4 is 0 Å². The molecule has 2 aromatic carbocycles. The van der Waals surface area contributed by atoms with Crippen LogP contribution in [0.15, 0.2) is 48.5 Å². The van der Waals surface area contributed by atoms with Crippen LogP contribution in [0.25, 0.3) is 0 Å². The van der Waals surface area contributed by atoms with E-state index in [9.17, 15) is 4.39 Å². The molecule has 2 aromatic rings. The summed E-state index contributed by atoms with van der Waals surface area (Å²) >= 11 is 0. The molecule has 0 saturated carbocycles. The van der Waals surface area contributed by atoms with Gasteiger partial charge in [-0.05, 0) is 36.5 Å². The van der Waals surface area contributed by atoms with Crippen molar-refractivity contribution in [1.82, 2.24) is 0 Å². The van der Waals surface area contributed by atoms with E-state index in [1.54, 1.807) is 12.1 Å². The highest BCUT2D eigenvalue weighted by Gasteiger charge is 2.35. The SMILES string of the molecule is NC1(c2ccccc2F)CCCc2ccccc21. The third-order valence-electron chi connectivity index (χ3n) is 3.87. The number of halogens is 1. The van der Waals surface area contributed by atoms with Gasteiger partial charge in [0.25, 0.3) is 0 Å². The molecule has 0 fully saturated rings. The van der Waals surface area contributed by atoms with Crippen LogP contribution < -0.4 is 5.73 Å². The summed E-state index contributed by atoms with van der Waals surface area (Å²) in [6, 6.07) is 15.0. The zero-order valence-corrected chi connectivity index (χ0v) is 10.2. The molecule has 1 aliphatic carbocycles. The van der Waals surface area contributed by atoms with Crippen LogP contribution in [0, 0.1) is 5.82 Å². The maximum Gasteiger partial charge on any atom is 0.128 e. The standard InChI is InChI=1S/C16H16FN/c17-15-10-4-3-9-14(15)16(18)11-5-7-12-6-1-2-8-13(12)16/h1-4,6,8-10H,5,7,11,18H2. The predicted octanol–water partition coefficient (Wildman–Crippen LogP) is 3.36. The summed E-state index contributed by atoms with van der Waals surface area (Å²) in [5, 5.41) is 0. The lowest BCUT2D eigenvalue weighted by Crippen LogP contribution is -2.41. The minimum Gasteiger partial charge on any atom is -0.318 e. The minimum absolute atomic E-state index is 0.211. The Balaban J connectivity index is 2.20. The summed E-state index contributed by atoms with van der Waals surface area (Å²) in [5.41, 5.74) is 8.80. The fourth-order valence-electron chi connectivity index (χ4n) is 2.97. The van der Waals surface area contributed by atoms with Gasteiger partial charge in [0.1, 0.15) is 5.82 Å². The van der Waals surface area contributed by atoms with E-state index in [-0.39, 0.29) is 5.82 Å². The molecule has 2 N–H and O–H groups in total. The second-order valence-electron chi connectivity index (χ2n) is 4.96. The molecule has 3 rings (SSSR count). The average Bonchev–Trinajstić information content (AvgIpc) is 2.40. The number of benzene rings is 2. The molecule has 2 heteroatoms. The normalized spacial score (nSPS) is 22.6. The number of aryl methyl sites for hydroxylation is 1.